The number of amides is 1. The van der Waals surface area contributed by atoms with Crippen molar-refractivity contribution < 1.29 is 9.59 Å². The third kappa shape index (κ3) is 3.83. The van der Waals surface area contributed by atoms with Crippen molar-refractivity contribution in [2.75, 3.05) is 0 Å². The molecule has 1 N–H and O–H groups in total. The first-order valence-electron chi connectivity index (χ1n) is 4.95. The molecule has 0 fully saturated rings. The topological polar surface area (TPSA) is 46.2 Å². The van der Waals surface area contributed by atoms with E-state index in [1.54, 1.807) is 11.3 Å². The minimum absolute atomic E-state index is 0.0259. The van der Waals surface area contributed by atoms with Gasteiger partial charge in [-0.05, 0) is 24.8 Å². The maximum Gasteiger partial charge on any atom is 0.227 e. The number of thiophene rings is 1. The summed E-state index contributed by atoms with van der Waals surface area (Å²) in [5.74, 6) is -0.295. The van der Waals surface area contributed by atoms with E-state index >= 15 is 0 Å². The molecule has 1 unspecified atom stereocenters. The van der Waals surface area contributed by atoms with Gasteiger partial charge in [-0.1, -0.05) is 13.0 Å². The summed E-state index contributed by atoms with van der Waals surface area (Å²) in [6, 6.07) is 3.99. The van der Waals surface area contributed by atoms with Crippen LogP contribution in [0.4, 0.5) is 0 Å². The molecule has 1 rings (SSSR count). The Morgan fingerprint density at radius 1 is 1.53 bits per heavy atom. The lowest BCUT2D eigenvalue weighted by molar-refractivity contribution is -0.127. The van der Waals surface area contributed by atoms with E-state index in [9.17, 15) is 9.59 Å². The van der Waals surface area contributed by atoms with Crippen LogP contribution in [0, 0.1) is 0 Å². The first-order chi connectivity index (χ1) is 7.13. The zero-order valence-electron chi connectivity index (χ0n) is 8.95. The summed E-state index contributed by atoms with van der Waals surface area (Å²) in [7, 11) is 0. The lowest BCUT2D eigenvalue weighted by Crippen LogP contribution is -2.28. The fourth-order valence-electron chi connectivity index (χ4n) is 1.34. The fraction of sp³-hybridized carbons (Fsp3) is 0.455. The Bertz CT molecular complexity index is 332. The standard InChI is InChI=1S/C11H15NO2S/c1-3-9(10-5-4-6-15-10)12-11(14)7-8(2)13/h4-6,9H,3,7H2,1-2H3,(H,12,14). The molecule has 0 spiro atoms. The molecule has 1 amide bonds. The maximum absolute atomic E-state index is 11.4. The number of nitrogens with one attached hydrogen (secondary N) is 1. The third-order valence-corrected chi connectivity index (χ3v) is 3.03. The zero-order chi connectivity index (χ0) is 11.3. The highest BCUT2D eigenvalue weighted by Crippen LogP contribution is 2.21. The number of hydrogen-bond donors (Lipinski definition) is 1. The molecular formula is C11H15NO2S. The average molecular weight is 225 g/mol. The van der Waals surface area contributed by atoms with Crippen molar-refractivity contribution in [3.63, 3.8) is 0 Å². The Morgan fingerprint density at radius 2 is 2.27 bits per heavy atom. The minimum Gasteiger partial charge on any atom is -0.348 e. The second kappa shape index (κ2) is 5.66. The van der Waals surface area contributed by atoms with E-state index in [4.69, 9.17) is 0 Å². The monoisotopic (exact) mass is 225 g/mol. The average Bonchev–Trinajstić information content (AvgIpc) is 2.65. The first-order valence-corrected chi connectivity index (χ1v) is 5.83. The second-order valence-corrected chi connectivity index (χ2v) is 4.40. The van der Waals surface area contributed by atoms with Crippen LogP contribution in [0.3, 0.4) is 0 Å². The summed E-state index contributed by atoms with van der Waals surface area (Å²) in [6.45, 7) is 3.43. The maximum atomic E-state index is 11.4. The highest BCUT2D eigenvalue weighted by atomic mass is 32.1. The van der Waals surface area contributed by atoms with Gasteiger partial charge < -0.3 is 5.32 Å². The summed E-state index contributed by atoms with van der Waals surface area (Å²) in [5.41, 5.74) is 0. The molecule has 3 nitrogen and oxygen atoms in total. The highest BCUT2D eigenvalue weighted by molar-refractivity contribution is 7.10. The van der Waals surface area contributed by atoms with Crippen molar-refractivity contribution in [3.05, 3.63) is 22.4 Å². The van der Waals surface area contributed by atoms with E-state index in [1.165, 1.54) is 6.92 Å². The summed E-state index contributed by atoms with van der Waals surface area (Å²) in [6.07, 6.45) is 0.812. The number of rotatable bonds is 5. The first kappa shape index (κ1) is 11.9. The molecule has 0 aliphatic heterocycles. The summed E-state index contributed by atoms with van der Waals surface area (Å²) in [4.78, 5) is 23.3. The Morgan fingerprint density at radius 3 is 2.73 bits per heavy atom. The van der Waals surface area contributed by atoms with Crippen molar-refractivity contribution in [2.45, 2.75) is 32.7 Å². The van der Waals surface area contributed by atoms with Gasteiger partial charge in [-0.25, -0.2) is 0 Å². The minimum atomic E-state index is -0.192. The molecular weight excluding hydrogens is 210 g/mol. The van der Waals surface area contributed by atoms with E-state index < -0.39 is 0 Å². The molecule has 1 aromatic rings. The molecule has 0 aromatic carbocycles. The molecule has 1 heterocycles. The molecule has 1 atom stereocenters. The lowest BCUT2D eigenvalue weighted by Gasteiger charge is -2.14. The van der Waals surface area contributed by atoms with Crippen LogP contribution in [0.5, 0.6) is 0 Å². The summed E-state index contributed by atoms with van der Waals surface area (Å²) < 4.78 is 0. The van der Waals surface area contributed by atoms with Crippen molar-refractivity contribution in [3.8, 4) is 0 Å². The van der Waals surface area contributed by atoms with Gasteiger partial charge in [-0.15, -0.1) is 11.3 Å². The van der Waals surface area contributed by atoms with Gasteiger partial charge in [0.1, 0.15) is 5.78 Å². The summed E-state index contributed by atoms with van der Waals surface area (Å²) >= 11 is 1.62. The van der Waals surface area contributed by atoms with Crippen molar-refractivity contribution in [2.24, 2.45) is 0 Å². The number of Topliss-reactive ketones (excluding diaryl/α,β-unsaturated/α-hetero) is 1. The third-order valence-electron chi connectivity index (χ3n) is 2.04. The molecule has 0 saturated carbocycles. The number of ketones is 1. The number of hydrogen-bond acceptors (Lipinski definition) is 3. The van der Waals surface area contributed by atoms with Gasteiger partial charge in [-0.2, -0.15) is 0 Å². The Labute approximate surface area is 93.5 Å². The molecule has 1 aromatic heterocycles. The predicted octanol–water partition coefficient (Wildman–Crippen LogP) is 2.29. The molecule has 15 heavy (non-hydrogen) atoms. The van der Waals surface area contributed by atoms with Crippen molar-refractivity contribution in [1.29, 1.82) is 0 Å². The van der Waals surface area contributed by atoms with E-state index in [-0.39, 0.29) is 24.2 Å². The van der Waals surface area contributed by atoms with E-state index in [2.05, 4.69) is 5.32 Å². The van der Waals surface area contributed by atoms with Gasteiger partial charge in [0.05, 0.1) is 12.5 Å². The molecule has 0 bridgehead atoms. The van der Waals surface area contributed by atoms with Crippen LogP contribution in [0.25, 0.3) is 0 Å². The number of carbonyl (C=O) groups excluding carboxylic acids is 2. The van der Waals surface area contributed by atoms with E-state index in [1.807, 2.05) is 24.4 Å². The summed E-state index contributed by atoms with van der Waals surface area (Å²) in [5, 5.41) is 4.83. The molecule has 0 radical (unpaired) electrons. The van der Waals surface area contributed by atoms with Crippen LogP contribution in [0.15, 0.2) is 17.5 Å². The van der Waals surface area contributed by atoms with E-state index in [0.29, 0.717) is 0 Å². The molecule has 0 aliphatic carbocycles. The zero-order valence-corrected chi connectivity index (χ0v) is 9.76. The van der Waals surface area contributed by atoms with Crippen molar-refractivity contribution in [1.82, 2.24) is 5.32 Å². The second-order valence-electron chi connectivity index (χ2n) is 3.42. The van der Waals surface area contributed by atoms with Crippen LogP contribution in [-0.4, -0.2) is 11.7 Å². The highest BCUT2D eigenvalue weighted by Gasteiger charge is 2.14. The molecule has 0 aliphatic rings. The smallest absolute Gasteiger partial charge is 0.227 e. The predicted molar refractivity (Wildman–Crippen MR) is 60.8 cm³/mol. The van der Waals surface area contributed by atoms with Gasteiger partial charge >= 0.3 is 0 Å². The van der Waals surface area contributed by atoms with Crippen LogP contribution in [-0.2, 0) is 9.59 Å². The largest absolute Gasteiger partial charge is 0.348 e. The van der Waals surface area contributed by atoms with Crippen LogP contribution in [0.1, 0.15) is 37.6 Å². The molecule has 0 saturated heterocycles. The SMILES string of the molecule is CCC(NC(=O)CC(C)=O)c1cccs1. The van der Waals surface area contributed by atoms with E-state index in [0.717, 1.165) is 11.3 Å². The fourth-order valence-corrected chi connectivity index (χ4v) is 2.20. The van der Waals surface area contributed by atoms with Gasteiger partial charge in [0.2, 0.25) is 5.91 Å². The molecule has 82 valence electrons. The number of carbonyl (C=O) groups is 2. The van der Waals surface area contributed by atoms with Gasteiger partial charge in [0.15, 0.2) is 0 Å². The van der Waals surface area contributed by atoms with Gasteiger partial charge in [-0.3, -0.25) is 9.59 Å². The Balaban J connectivity index is 2.54. The Kier molecular flexibility index (Phi) is 4.49. The molecule has 4 heteroatoms. The van der Waals surface area contributed by atoms with Gasteiger partial charge in [0.25, 0.3) is 0 Å². The van der Waals surface area contributed by atoms with Gasteiger partial charge in [0, 0.05) is 4.88 Å². The normalized spacial score (nSPS) is 12.1. The van der Waals surface area contributed by atoms with Crippen LogP contribution < -0.4 is 5.32 Å². The quantitative estimate of drug-likeness (QED) is 0.781. The Hall–Kier alpha value is -1.16. The van der Waals surface area contributed by atoms with Crippen LogP contribution in [0.2, 0.25) is 0 Å². The van der Waals surface area contributed by atoms with Crippen molar-refractivity contribution >= 4 is 23.0 Å². The lowest BCUT2D eigenvalue weighted by atomic mass is 10.1. The van der Waals surface area contributed by atoms with Crippen LogP contribution >= 0.6 is 11.3 Å².